The monoisotopic (exact) mass is 469 g/mol. The molecule has 3 heterocycles. The predicted octanol–water partition coefficient (Wildman–Crippen LogP) is 4.30. The first kappa shape index (κ1) is 21.9. The van der Waals surface area contributed by atoms with Crippen molar-refractivity contribution in [3.8, 4) is 11.1 Å². The van der Waals surface area contributed by atoms with Gasteiger partial charge in [0, 0.05) is 36.7 Å². The van der Waals surface area contributed by atoms with E-state index in [0.717, 1.165) is 24.0 Å². The maximum Gasteiger partial charge on any atom is 0.421 e. The van der Waals surface area contributed by atoms with Gasteiger partial charge in [-0.3, -0.25) is 9.48 Å². The van der Waals surface area contributed by atoms with Crippen LogP contribution in [0.25, 0.3) is 21.9 Å². The van der Waals surface area contributed by atoms with Crippen LogP contribution in [0.15, 0.2) is 47.7 Å². The van der Waals surface area contributed by atoms with Crippen molar-refractivity contribution in [3.05, 3.63) is 64.5 Å². The maximum atomic E-state index is 13.8. The zero-order chi connectivity index (χ0) is 24.2. The van der Waals surface area contributed by atoms with Gasteiger partial charge in [0.1, 0.15) is 11.4 Å². The minimum atomic E-state index is -4.66. The van der Waals surface area contributed by atoms with Gasteiger partial charge in [0.05, 0.1) is 17.6 Å². The Kier molecular flexibility index (Phi) is 5.07. The lowest BCUT2D eigenvalue weighted by molar-refractivity contribution is -0.137. The molecular formula is C23H22F3N7O. The van der Waals surface area contributed by atoms with E-state index in [2.05, 4.69) is 20.4 Å². The van der Waals surface area contributed by atoms with Gasteiger partial charge in [-0.2, -0.15) is 23.3 Å². The summed E-state index contributed by atoms with van der Waals surface area (Å²) in [5.74, 6) is -0.701. The van der Waals surface area contributed by atoms with Gasteiger partial charge < -0.3 is 15.6 Å². The number of benzene rings is 1. The molecule has 176 valence electrons. The smallest absolute Gasteiger partial charge is 0.368 e. The molecule has 3 aromatic heterocycles. The lowest BCUT2D eigenvalue weighted by Crippen LogP contribution is -2.27. The standard InChI is InChI=1S/C23H22F3N7O/c1-12(30-20-17(23(24,25)26)10-28-22(27)31-20)18-8-13-4-3-5-16(14-9-29-32(2)11-14)19(13)21(34)33(18)15-6-7-15/h3-5,8-12,15H,6-7H2,1-2H3,(H3,27,28,30,31). The van der Waals surface area contributed by atoms with Gasteiger partial charge in [-0.05, 0) is 36.8 Å². The molecule has 34 heavy (non-hydrogen) atoms. The third kappa shape index (κ3) is 3.87. The highest BCUT2D eigenvalue weighted by Crippen LogP contribution is 2.39. The topological polar surface area (TPSA) is 104 Å². The summed E-state index contributed by atoms with van der Waals surface area (Å²) in [5.41, 5.74) is 6.51. The quantitative estimate of drug-likeness (QED) is 0.452. The molecule has 1 aliphatic rings. The van der Waals surface area contributed by atoms with Crippen molar-refractivity contribution in [1.82, 2.24) is 24.3 Å². The molecule has 0 bridgehead atoms. The lowest BCUT2D eigenvalue weighted by atomic mass is 10.00. The molecule has 1 unspecified atom stereocenters. The number of nitrogens with two attached hydrogens (primary N) is 1. The number of nitrogens with one attached hydrogen (secondary N) is 1. The van der Waals surface area contributed by atoms with E-state index in [0.29, 0.717) is 22.7 Å². The van der Waals surface area contributed by atoms with E-state index in [1.807, 2.05) is 30.5 Å². The molecule has 0 saturated heterocycles. The van der Waals surface area contributed by atoms with Gasteiger partial charge in [-0.1, -0.05) is 18.2 Å². The average Bonchev–Trinajstić information content (AvgIpc) is 3.51. The zero-order valence-corrected chi connectivity index (χ0v) is 18.5. The van der Waals surface area contributed by atoms with E-state index >= 15 is 0 Å². The second kappa shape index (κ2) is 7.86. The highest BCUT2D eigenvalue weighted by Gasteiger charge is 2.36. The fourth-order valence-corrected chi connectivity index (χ4v) is 4.23. The van der Waals surface area contributed by atoms with Crippen LogP contribution in [0.2, 0.25) is 0 Å². The van der Waals surface area contributed by atoms with Crippen LogP contribution in [0.1, 0.15) is 43.1 Å². The molecule has 11 heteroatoms. The predicted molar refractivity (Wildman–Crippen MR) is 122 cm³/mol. The second-order valence-electron chi connectivity index (χ2n) is 8.50. The van der Waals surface area contributed by atoms with Crippen molar-refractivity contribution >= 4 is 22.5 Å². The molecule has 0 spiro atoms. The van der Waals surface area contributed by atoms with Crippen molar-refractivity contribution in [2.24, 2.45) is 7.05 Å². The van der Waals surface area contributed by atoms with Crippen LogP contribution in [-0.2, 0) is 13.2 Å². The first-order valence-electron chi connectivity index (χ1n) is 10.8. The molecule has 0 amide bonds. The average molecular weight is 469 g/mol. The number of alkyl halides is 3. The molecule has 1 atom stereocenters. The Labute approximate surface area is 192 Å². The second-order valence-corrected chi connectivity index (χ2v) is 8.50. The van der Waals surface area contributed by atoms with Crippen molar-refractivity contribution in [2.75, 3.05) is 11.1 Å². The number of aryl methyl sites for hydroxylation is 1. The van der Waals surface area contributed by atoms with Crippen LogP contribution in [0.5, 0.6) is 0 Å². The fourth-order valence-electron chi connectivity index (χ4n) is 4.23. The Morgan fingerprint density at radius 1 is 1.24 bits per heavy atom. The summed E-state index contributed by atoms with van der Waals surface area (Å²) in [4.78, 5) is 21.0. The summed E-state index contributed by atoms with van der Waals surface area (Å²) in [6.07, 6.45) is 1.20. The number of halogens is 3. The van der Waals surface area contributed by atoms with Crippen molar-refractivity contribution < 1.29 is 13.2 Å². The number of rotatable bonds is 5. The van der Waals surface area contributed by atoms with Gasteiger partial charge in [-0.15, -0.1) is 0 Å². The molecule has 8 nitrogen and oxygen atoms in total. The number of hydrogen-bond donors (Lipinski definition) is 2. The Morgan fingerprint density at radius 2 is 2.00 bits per heavy atom. The van der Waals surface area contributed by atoms with Gasteiger partial charge >= 0.3 is 6.18 Å². The largest absolute Gasteiger partial charge is 0.421 e. The zero-order valence-electron chi connectivity index (χ0n) is 18.5. The number of nitrogen functional groups attached to an aromatic ring is 1. The van der Waals surface area contributed by atoms with Crippen LogP contribution in [0.4, 0.5) is 24.9 Å². The van der Waals surface area contributed by atoms with Gasteiger partial charge in [0.15, 0.2) is 0 Å². The number of aromatic nitrogens is 5. The summed E-state index contributed by atoms with van der Waals surface area (Å²) in [5, 5.41) is 8.28. The minimum absolute atomic E-state index is 0.00402. The number of nitrogens with zero attached hydrogens (tertiary/aromatic N) is 5. The Morgan fingerprint density at radius 3 is 2.65 bits per heavy atom. The van der Waals surface area contributed by atoms with Gasteiger partial charge in [0.2, 0.25) is 5.95 Å². The molecule has 5 rings (SSSR count). The maximum absolute atomic E-state index is 13.8. The molecule has 1 aliphatic carbocycles. The number of hydrogen-bond acceptors (Lipinski definition) is 6. The van der Waals surface area contributed by atoms with E-state index < -0.39 is 23.6 Å². The Bertz CT molecular complexity index is 1450. The molecular weight excluding hydrogens is 447 g/mol. The molecule has 1 aromatic carbocycles. The first-order valence-corrected chi connectivity index (χ1v) is 10.8. The minimum Gasteiger partial charge on any atom is -0.368 e. The van der Waals surface area contributed by atoms with Gasteiger partial charge in [0.25, 0.3) is 5.56 Å². The number of fused-ring (bicyclic) bond motifs is 1. The third-order valence-electron chi connectivity index (χ3n) is 5.95. The van der Waals surface area contributed by atoms with Crippen molar-refractivity contribution in [2.45, 2.75) is 38.0 Å². The summed E-state index contributed by atoms with van der Waals surface area (Å²) < 4.78 is 43.9. The molecule has 1 fully saturated rings. The van der Waals surface area contributed by atoms with E-state index in [9.17, 15) is 18.0 Å². The van der Waals surface area contributed by atoms with Crippen molar-refractivity contribution in [1.29, 1.82) is 0 Å². The molecule has 4 aromatic rings. The van der Waals surface area contributed by atoms with Gasteiger partial charge in [-0.25, -0.2) is 4.98 Å². The Balaban J connectivity index is 1.65. The number of anilines is 2. The number of pyridine rings is 1. The normalized spacial score (nSPS) is 15.0. The van der Waals surface area contributed by atoms with E-state index in [-0.39, 0.29) is 17.5 Å². The van der Waals surface area contributed by atoms with E-state index in [4.69, 9.17) is 5.73 Å². The van der Waals surface area contributed by atoms with E-state index in [1.165, 1.54) is 0 Å². The van der Waals surface area contributed by atoms with E-state index in [1.54, 1.807) is 29.4 Å². The summed E-state index contributed by atoms with van der Waals surface area (Å²) >= 11 is 0. The van der Waals surface area contributed by atoms with Crippen molar-refractivity contribution in [3.63, 3.8) is 0 Å². The van der Waals surface area contributed by atoms with Crippen LogP contribution in [0, 0.1) is 0 Å². The molecule has 3 N–H and O–H groups in total. The van der Waals surface area contributed by atoms with Crippen LogP contribution in [-0.4, -0.2) is 24.3 Å². The lowest BCUT2D eigenvalue weighted by Gasteiger charge is -2.23. The fraction of sp³-hybridized carbons (Fsp3) is 0.304. The summed E-state index contributed by atoms with van der Waals surface area (Å²) in [6, 6.07) is 6.74. The SMILES string of the molecule is CC(Nc1nc(N)ncc1C(F)(F)F)c1cc2cccc(-c3cnn(C)c3)c2c(=O)n1C1CC1. The summed E-state index contributed by atoms with van der Waals surface area (Å²) in [6.45, 7) is 1.70. The van der Waals surface area contributed by atoms with Crippen LogP contribution in [0.3, 0.4) is 0 Å². The highest BCUT2D eigenvalue weighted by molar-refractivity contribution is 5.96. The van der Waals surface area contributed by atoms with Crippen LogP contribution >= 0.6 is 0 Å². The molecule has 0 radical (unpaired) electrons. The first-order chi connectivity index (χ1) is 16.1. The Hall–Kier alpha value is -3.89. The highest BCUT2D eigenvalue weighted by atomic mass is 19.4. The van der Waals surface area contributed by atoms with Crippen LogP contribution < -0.4 is 16.6 Å². The third-order valence-corrected chi connectivity index (χ3v) is 5.95. The molecule has 1 saturated carbocycles. The summed E-state index contributed by atoms with van der Waals surface area (Å²) in [7, 11) is 1.80. The molecule has 0 aliphatic heterocycles.